The first kappa shape index (κ1) is 19.5. The van der Waals surface area contributed by atoms with Crippen molar-refractivity contribution in [3.8, 4) is 5.75 Å². The molecule has 0 spiro atoms. The molecule has 1 aromatic carbocycles. The van der Waals surface area contributed by atoms with Gasteiger partial charge in [0, 0.05) is 48.0 Å². The Kier molecular flexibility index (Phi) is 3.92. The zero-order chi connectivity index (χ0) is 21.7. The van der Waals surface area contributed by atoms with E-state index in [1.165, 1.54) is 43.7 Å². The van der Waals surface area contributed by atoms with Crippen molar-refractivity contribution in [1.29, 1.82) is 0 Å². The number of carbonyl (C=O) groups excluding carboxylic acids is 2. The predicted octanol–water partition coefficient (Wildman–Crippen LogP) is 3.54. The third-order valence-electron chi connectivity index (χ3n) is 8.90. The maximum atomic E-state index is 13.0. The van der Waals surface area contributed by atoms with Crippen molar-refractivity contribution >= 4 is 17.8 Å². The highest BCUT2D eigenvalue weighted by Gasteiger charge is 2.70. The number of esters is 1. The molecule has 2 heterocycles. The van der Waals surface area contributed by atoms with Crippen LogP contribution in [0.15, 0.2) is 12.1 Å². The van der Waals surface area contributed by atoms with Crippen LogP contribution in [0.3, 0.4) is 0 Å². The van der Waals surface area contributed by atoms with Crippen LogP contribution in [0.25, 0.3) is 6.08 Å². The number of likely N-dealkylation sites (tertiary alicyclic amines) is 1. The number of fused-ring (bicyclic) bond motifs is 3. The first-order valence-electron chi connectivity index (χ1n) is 11.7. The fraction of sp³-hybridized carbons (Fsp3) is 0.615. The molecule has 1 aromatic rings. The second-order valence-corrected chi connectivity index (χ2v) is 10.8. The third-order valence-corrected chi connectivity index (χ3v) is 8.90. The van der Waals surface area contributed by atoms with E-state index in [2.05, 4.69) is 31.7 Å². The van der Waals surface area contributed by atoms with Crippen LogP contribution in [0, 0.1) is 18.8 Å². The van der Waals surface area contributed by atoms with Crippen molar-refractivity contribution in [2.24, 2.45) is 11.8 Å². The summed E-state index contributed by atoms with van der Waals surface area (Å²) in [5.74, 6) is 2.06. The van der Waals surface area contributed by atoms with Gasteiger partial charge in [-0.2, -0.15) is 0 Å². The smallest absolute Gasteiger partial charge is 0.330 e. The molecule has 5 atom stereocenters. The van der Waals surface area contributed by atoms with Gasteiger partial charge in [0.2, 0.25) is 0 Å². The van der Waals surface area contributed by atoms with E-state index in [1.807, 2.05) is 6.08 Å². The minimum atomic E-state index is -0.383. The molecule has 0 amide bonds. The fourth-order valence-electron chi connectivity index (χ4n) is 7.47. The molecule has 2 aliphatic heterocycles. The van der Waals surface area contributed by atoms with E-state index in [-0.39, 0.29) is 28.7 Å². The Labute approximate surface area is 183 Å². The van der Waals surface area contributed by atoms with E-state index in [1.54, 1.807) is 0 Å². The maximum Gasteiger partial charge on any atom is 0.330 e. The largest absolute Gasteiger partial charge is 0.481 e. The van der Waals surface area contributed by atoms with E-state index >= 15 is 0 Å². The summed E-state index contributed by atoms with van der Waals surface area (Å²) >= 11 is 0. The molecule has 4 unspecified atom stereocenters. The van der Waals surface area contributed by atoms with Crippen molar-refractivity contribution in [1.82, 2.24) is 4.90 Å². The summed E-state index contributed by atoms with van der Waals surface area (Å²) in [7, 11) is 1.40. The SMILES string of the molecule is COC(=O)/C=C/c1cc(C)c2c3c1C1(C)CN(CC4CC4)C1C1CCC(=O)C(O2)[C@@]31C. The lowest BCUT2D eigenvalue weighted by Crippen LogP contribution is -2.75. The number of ketones is 1. The van der Waals surface area contributed by atoms with Crippen molar-refractivity contribution in [2.75, 3.05) is 20.2 Å². The molecule has 0 aromatic heterocycles. The predicted molar refractivity (Wildman–Crippen MR) is 117 cm³/mol. The minimum Gasteiger partial charge on any atom is -0.481 e. The number of benzene rings is 1. The number of nitrogens with zero attached hydrogens (tertiary/aromatic N) is 1. The second-order valence-electron chi connectivity index (χ2n) is 10.8. The maximum absolute atomic E-state index is 13.0. The molecule has 31 heavy (non-hydrogen) atoms. The van der Waals surface area contributed by atoms with Crippen LogP contribution in [0.2, 0.25) is 0 Å². The molecule has 0 N–H and O–H groups in total. The van der Waals surface area contributed by atoms with Crippen molar-refractivity contribution < 1.29 is 19.1 Å². The molecule has 5 aliphatic rings. The molecular weight excluding hydrogens is 390 g/mol. The number of hydrogen-bond donors (Lipinski definition) is 0. The Morgan fingerprint density at radius 2 is 2.06 bits per heavy atom. The average molecular weight is 422 g/mol. The van der Waals surface area contributed by atoms with Crippen LogP contribution in [0.1, 0.15) is 61.8 Å². The minimum absolute atomic E-state index is 0.00524. The van der Waals surface area contributed by atoms with Gasteiger partial charge in [-0.3, -0.25) is 9.69 Å². The number of rotatable bonds is 4. The lowest BCUT2D eigenvalue weighted by atomic mass is 9.46. The number of hydrogen-bond acceptors (Lipinski definition) is 5. The molecule has 2 saturated carbocycles. The monoisotopic (exact) mass is 421 g/mol. The van der Waals surface area contributed by atoms with E-state index in [0.717, 1.165) is 35.8 Å². The molecule has 3 aliphatic carbocycles. The van der Waals surface area contributed by atoms with Gasteiger partial charge in [0.25, 0.3) is 0 Å². The van der Waals surface area contributed by atoms with Gasteiger partial charge in [0.15, 0.2) is 11.9 Å². The zero-order valence-corrected chi connectivity index (χ0v) is 18.9. The summed E-state index contributed by atoms with van der Waals surface area (Å²) < 4.78 is 11.3. The topological polar surface area (TPSA) is 55.8 Å². The summed E-state index contributed by atoms with van der Waals surface area (Å²) in [6, 6.07) is 2.55. The first-order valence-corrected chi connectivity index (χ1v) is 11.7. The summed E-state index contributed by atoms with van der Waals surface area (Å²) in [5.41, 5.74) is 4.35. The summed E-state index contributed by atoms with van der Waals surface area (Å²) in [6.07, 6.45) is 7.29. The van der Waals surface area contributed by atoms with Crippen molar-refractivity contribution in [3.63, 3.8) is 0 Å². The first-order chi connectivity index (χ1) is 14.8. The van der Waals surface area contributed by atoms with Crippen LogP contribution >= 0.6 is 0 Å². The Balaban J connectivity index is 1.57. The number of methoxy groups -OCH3 is 1. The van der Waals surface area contributed by atoms with Crippen LogP contribution in [-0.2, 0) is 25.2 Å². The Morgan fingerprint density at radius 3 is 2.77 bits per heavy atom. The van der Waals surface area contributed by atoms with Gasteiger partial charge in [0.05, 0.1) is 7.11 Å². The quantitative estimate of drug-likeness (QED) is 0.550. The van der Waals surface area contributed by atoms with Crippen LogP contribution in [0.4, 0.5) is 0 Å². The Morgan fingerprint density at radius 1 is 1.29 bits per heavy atom. The number of ether oxygens (including phenoxy) is 2. The lowest BCUT2D eigenvalue weighted by molar-refractivity contribution is -0.142. The van der Waals surface area contributed by atoms with Gasteiger partial charge >= 0.3 is 5.97 Å². The van der Waals surface area contributed by atoms with Crippen LogP contribution in [0.5, 0.6) is 5.75 Å². The molecule has 3 fully saturated rings. The molecule has 5 heteroatoms. The van der Waals surface area contributed by atoms with E-state index in [9.17, 15) is 9.59 Å². The highest BCUT2D eigenvalue weighted by molar-refractivity contribution is 5.91. The number of carbonyl (C=O) groups is 2. The fourth-order valence-corrected chi connectivity index (χ4v) is 7.47. The normalized spacial score (nSPS) is 37.8. The summed E-state index contributed by atoms with van der Waals surface area (Å²) in [4.78, 5) is 27.6. The summed E-state index contributed by atoms with van der Waals surface area (Å²) in [5, 5.41) is 0. The van der Waals surface area contributed by atoms with Gasteiger partial charge in [-0.15, -0.1) is 0 Å². The summed E-state index contributed by atoms with van der Waals surface area (Å²) in [6.45, 7) is 8.93. The molecule has 0 bridgehead atoms. The van der Waals surface area contributed by atoms with Crippen LogP contribution in [-0.4, -0.2) is 49.0 Å². The number of aryl methyl sites for hydroxylation is 1. The molecule has 1 saturated heterocycles. The standard InChI is InChI=1S/C26H31NO4/c1-14-11-16(7-10-19(29)30-4)20-21-22(14)31-24-18(28)9-8-17(26(21,24)3)23-25(20,2)13-27(23)12-15-5-6-15/h7,10-11,15,17,23-24H,5-6,8-9,12-13H2,1-4H3/b10-7+/t17?,23?,24?,25?,26-/m1/s1. The second kappa shape index (κ2) is 6.22. The Bertz CT molecular complexity index is 1040. The van der Waals surface area contributed by atoms with Crippen molar-refractivity contribution in [2.45, 2.75) is 69.4 Å². The van der Waals surface area contributed by atoms with Gasteiger partial charge < -0.3 is 9.47 Å². The molecule has 6 rings (SSSR count). The van der Waals surface area contributed by atoms with Crippen LogP contribution < -0.4 is 4.74 Å². The lowest BCUT2D eigenvalue weighted by Gasteiger charge is -2.67. The average Bonchev–Trinajstić information content (AvgIpc) is 3.48. The molecule has 164 valence electrons. The van der Waals surface area contributed by atoms with E-state index < -0.39 is 0 Å². The van der Waals surface area contributed by atoms with Gasteiger partial charge in [-0.05, 0) is 66.9 Å². The van der Waals surface area contributed by atoms with Crippen molar-refractivity contribution in [3.05, 3.63) is 34.4 Å². The molecular formula is C26H31NO4. The highest BCUT2D eigenvalue weighted by Crippen LogP contribution is 2.66. The molecule has 0 radical (unpaired) electrons. The number of Topliss-reactive ketones (excluding diaryl/α,β-unsaturated/α-hetero) is 1. The van der Waals surface area contributed by atoms with Gasteiger partial charge in [-0.25, -0.2) is 4.79 Å². The zero-order valence-electron chi connectivity index (χ0n) is 18.9. The Hall–Kier alpha value is -2.14. The third kappa shape index (κ3) is 2.41. The van der Waals surface area contributed by atoms with E-state index in [0.29, 0.717) is 18.4 Å². The van der Waals surface area contributed by atoms with Gasteiger partial charge in [0.1, 0.15) is 5.75 Å². The van der Waals surface area contributed by atoms with E-state index in [4.69, 9.17) is 9.47 Å². The highest BCUT2D eigenvalue weighted by atomic mass is 16.5. The van der Waals surface area contributed by atoms with Gasteiger partial charge in [-0.1, -0.05) is 13.8 Å². The molecule has 5 nitrogen and oxygen atoms in total.